The van der Waals surface area contributed by atoms with Gasteiger partial charge in [0, 0.05) is 23.7 Å². The second-order valence-corrected chi connectivity index (χ2v) is 5.04. The molecule has 1 unspecified atom stereocenters. The number of nitrogens with zero attached hydrogens (tertiary/aromatic N) is 1. The van der Waals surface area contributed by atoms with Crippen LogP contribution in [-0.4, -0.2) is 30.4 Å². The molecule has 1 amide bonds. The minimum absolute atomic E-state index is 0. The number of nitrogens with two attached hydrogens (primary N) is 1. The lowest BCUT2D eigenvalue weighted by Gasteiger charge is -2.17. The van der Waals surface area contributed by atoms with Crippen LogP contribution < -0.4 is 5.73 Å². The lowest BCUT2D eigenvalue weighted by Crippen LogP contribution is -2.30. The van der Waals surface area contributed by atoms with Gasteiger partial charge in [-0.25, -0.2) is 0 Å². The Balaban J connectivity index is 0.00000162. The van der Waals surface area contributed by atoms with Crippen LogP contribution >= 0.6 is 24.0 Å². The Kier molecular flexibility index (Phi) is 5.45. The molecule has 3 nitrogen and oxygen atoms in total. The highest BCUT2D eigenvalue weighted by Gasteiger charge is 2.26. The van der Waals surface area contributed by atoms with Crippen LogP contribution in [0.4, 0.5) is 0 Å². The zero-order chi connectivity index (χ0) is 12.4. The third-order valence-electron chi connectivity index (χ3n) is 3.33. The third-order valence-corrected chi connectivity index (χ3v) is 3.56. The van der Waals surface area contributed by atoms with Crippen LogP contribution in [0.3, 0.4) is 0 Å². The normalized spacial score (nSPS) is 18.6. The van der Waals surface area contributed by atoms with Gasteiger partial charge >= 0.3 is 0 Å². The van der Waals surface area contributed by atoms with Crippen LogP contribution in [0.25, 0.3) is 0 Å². The van der Waals surface area contributed by atoms with Crippen LogP contribution in [0.15, 0.2) is 18.2 Å². The molecule has 1 aromatic rings. The summed E-state index contributed by atoms with van der Waals surface area (Å²) in [6.07, 6.45) is 1.01. The quantitative estimate of drug-likeness (QED) is 0.909. The Labute approximate surface area is 119 Å². The van der Waals surface area contributed by atoms with E-state index in [1.54, 1.807) is 12.1 Å². The molecule has 0 saturated carbocycles. The topological polar surface area (TPSA) is 46.3 Å². The maximum absolute atomic E-state index is 12.3. The van der Waals surface area contributed by atoms with Gasteiger partial charge in [0.05, 0.1) is 0 Å². The van der Waals surface area contributed by atoms with E-state index in [1.807, 2.05) is 17.9 Å². The van der Waals surface area contributed by atoms with Crippen molar-refractivity contribution in [2.75, 3.05) is 19.6 Å². The van der Waals surface area contributed by atoms with E-state index >= 15 is 0 Å². The van der Waals surface area contributed by atoms with E-state index in [9.17, 15) is 4.79 Å². The summed E-state index contributed by atoms with van der Waals surface area (Å²) in [6.45, 7) is 4.15. The molecule has 1 heterocycles. The average molecular weight is 289 g/mol. The van der Waals surface area contributed by atoms with E-state index in [1.165, 1.54) is 0 Å². The van der Waals surface area contributed by atoms with E-state index in [2.05, 4.69) is 0 Å². The van der Waals surface area contributed by atoms with Gasteiger partial charge in [0.15, 0.2) is 0 Å². The minimum atomic E-state index is 0. The largest absolute Gasteiger partial charge is 0.338 e. The molecule has 0 aromatic heterocycles. The summed E-state index contributed by atoms with van der Waals surface area (Å²) in [7, 11) is 0. The van der Waals surface area contributed by atoms with Gasteiger partial charge in [-0.3, -0.25) is 4.79 Å². The summed E-state index contributed by atoms with van der Waals surface area (Å²) in [4.78, 5) is 14.2. The number of hydrogen-bond donors (Lipinski definition) is 1. The Hall–Kier alpha value is -0.770. The van der Waals surface area contributed by atoms with Crippen molar-refractivity contribution in [2.45, 2.75) is 13.3 Å². The number of benzene rings is 1. The van der Waals surface area contributed by atoms with Crippen molar-refractivity contribution < 1.29 is 4.79 Å². The molecule has 2 rings (SSSR count). The van der Waals surface area contributed by atoms with E-state index < -0.39 is 0 Å². The van der Waals surface area contributed by atoms with Gasteiger partial charge in [-0.15, -0.1) is 12.4 Å². The molecule has 0 spiro atoms. The molecule has 100 valence electrons. The minimum Gasteiger partial charge on any atom is -0.338 e. The Morgan fingerprint density at radius 1 is 1.56 bits per heavy atom. The van der Waals surface area contributed by atoms with Crippen molar-refractivity contribution in [3.8, 4) is 0 Å². The second-order valence-electron chi connectivity index (χ2n) is 4.60. The lowest BCUT2D eigenvalue weighted by atomic mass is 10.1. The summed E-state index contributed by atoms with van der Waals surface area (Å²) in [6, 6.07) is 5.39. The smallest absolute Gasteiger partial charge is 0.254 e. The number of amides is 1. The van der Waals surface area contributed by atoms with Crippen LogP contribution in [-0.2, 0) is 0 Å². The van der Waals surface area contributed by atoms with Crippen LogP contribution in [0, 0.1) is 12.8 Å². The molecule has 1 aliphatic rings. The molecule has 0 radical (unpaired) electrons. The van der Waals surface area contributed by atoms with Gasteiger partial charge in [-0.1, -0.05) is 11.6 Å². The molecular weight excluding hydrogens is 271 g/mol. The highest BCUT2D eigenvalue weighted by Crippen LogP contribution is 2.21. The fraction of sp³-hybridized carbons (Fsp3) is 0.462. The van der Waals surface area contributed by atoms with E-state index in [0.717, 1.165) is 30.6 Å². The maximum Gasteiger partial charge on any atom is 0.254 e. The first-order valence-electron chi connectivity index (χ1n) is 5.87. The monoisotopic (exact) mass is 288 g/mol. The zero-order valence-electron chi connectivity index (χ0n) is 10.4. The molecule has 1 saturated heterocycles. The molecule has 5 heteroatoms. The van der Waals surface area contributed by atoms with Crippen LogP contribution in [0.1, 0.15) is 22.3 Å². The molecule has 1 atom stereocenters. The summed E-state index contributed by atoms with van der Waals surface area (Å²) < 4.78 is 0. The SMILES string of the molecule is Cc1cc(Cl)ccc1C(=O)N1CCC(CN)C1.Cl. The molecular formula is C13H18Cl2N2O. The van der Waals surface area contributed by atoms with Gasteiger partial charge in [0.1, 0.15) is 0 Å². The predicted octanol–water partition coefficient (Wildman–Crippen LogP) is 2.49. The summed E-state index contributed by atoms with van der Waals surface area (Å²) in [5, 5.41) is 0.667. The highest BCUT2D eigenvalue weighted by molar-refractivity contribution is 6.30. The average Bonchev–Trinajstić information content (AvgIpc) is 2.76. The zero-order valence-corrected chi connectivity index (χ0v) is 11.9. The standard InChI is InChI=1S/C13H17ClN2O.ClH/c1-9-6-11(14)2-3-12(9)13(17)16-5-4-10(7-15)8-16;/h2-3,6,10H,4-5,7-8,15H2,1H3;1H. The van der Waals surface area contributed by atoms with Gasteiger partial charge in [-0.05, 0) is 49.6 Å². The Bertz CT molecular complexity index is 437. The molecule has 0 bridgehead atoms. The Morgan fingerprint density at radius 2 is 2.28 bits per heavy atom. The van der Waals surface area contributed by atoms with Gasteiger partial charge in [0.2, 0.25) is 0 Å². The number of aryl methyl sites for hydroxylation is 1. The lowest BCUT2D eigenvalue weighted by molar-refractivity contribution is 0.0787. The second kappa shape index (κ2) is 6.41. The predicted molar refractivity (Wildman–Crippen MR) is 76.5 cm³/mol. The molecule has 1 fully saturated rings. The fourth-order valence-electron chi connectivity index (χ4n) is 2.25. The summed E-state index contributed by atoms with van der Waals surface area (Å²) >= 11 is 5.89. The first kappa shape index (κ1) is 15.3. The number of carbonyl (C=O) groups is 1. The van der Waals surface area contributed by atoms with Gasteiger partial charge in [-0.2, -0.15) is 0 Å². The van der Waals surface area contributed by atoms with Crippen molar-refractivity contribution in [3.63, 3.8) is 0 Å². The molecule has 1 aliphatic heterocycles. The number of rotatable bonds is 2. The van der Waals surface area contributed by atoms with E-state index in [-0.39, 0.29) is 18.3 Å². The number of likely N-dealkylation sites (tertiary alicyclic amines) is 1. The number of hydrogen-bond acceptors (Lipinski definition) is 2. The van der Waals surface area contributed by atoms with Crippen molar-refractivity contribution in [3.05, 3.63) is 34.3 Å². The van der Waals surface area contributed by atoms with E-state index in [4.69, 9.17) is 17.3 Å². The van der Waals surface area contributed by atoms with Gasteiger partial charge < -0.3 is 10.6 Å². The van der Waals surface area contributed by atoms with Crippen molar-refractivity contribution >= 4 is 29.9 Å². The van der Waals surface area contributed by atoms with Crippen LogP contribution in [0.2, 0.25) is 5.02 Å². The number of halogens is 2. The van der Waals surface area contributed by atoms with Crippen LogP contribution in [0.5, 0.6) is 0 Å². The first-order chi connectivity index (χ1) is 8.11. The fourth-order valence-corrected chi connectivity index (χ4v) is 2.47. The van der Waals surface area contributed by atoms with Gasteiger partial charge in [0.25, 0.3) is 5.91 Å². The number of carbonyl (C=O) groups excluding carboxylic acids is 1. The third kappa shape index (κ3) is 3.16. The molecule has 0 aliphatic carbocycles. The first-order valence-corrected chi connectivity index (χ1v) is 6.25. The van der Waals surface area contributed by atoms with Crippen molar-refractivity contribution in [1.82, 2.24) is 4.90 Å². The summed E-state index contributed by atoms with van der Waals surface area (Å²) in [5.41, 5.74) is 7.30. The van der Waals surface area contributed by atoms with Crippen molar-refractivity contribution in [2.24, 2.45) is 11.7 Å². The maximum atomic E-state index is 12.3. The summed E-state index contributed by atoms with van der Waals surface area (Å²) in [5.74, 6) is 0.543. The molecule has 18 heavy (non-hydrogen) atoms. The van der Waals surface area contributed by atoms with E-state index in [0.29, 0.717) is 17.5 Å². The molecule has 1 aromatic carbocycles. The Morgan fingerprint density at radius 3 is 2.83 bits per heavy atom. The molecule has 2 N–H and O–H groups in total. The van der Waals surface area contributed by atoms with Crippen molar-refractivity contribution in [1.29, 1.82) is 0 Å². The highest BCUT2D eigenvalue weighted by atomic mass is 35.5.